The SMILES string of the molecule is C#CCOC(=O)C(C)Oc1ccc(-c2ncc(Cl)cc2Cl)cc1O. The van der Waals surface area contributed by atoms with E-state index in [9.17, 15) is 9.90 Å². The van der Waals surface area contributed by atoms with Crippen molar-refractivity contribution in [3.63, 3.8) is 0 Å². The van der Waals surface area contributed by atoms with E-state index in [1.54, 1.807) is 12.1 Å². The highest BCUT2D eigenvalue weighted by molar-refractivity contribution is 6.36. The fraction of sp³-hybridized carbons (Fsp3) is 0.176. The number of carbonyl (C=O) groups excluding carboxylic acids is 1. The maximum atomic E-state index is 11.6. The van der Waals surface area contributed by atoms with Gasteiger partial charge in [0, 0.05) is 11.8 Å². The molecule has 1 aromatic carbocycles. The highest BCUT2D eigenvalue weighted by atomic mass is 35.5. The van der Waals surface area contributed by atoms with Crippen LogP contribution in [0.1, 0.15) is 6.92 Å². The van der Waals surface area contributed by atoms with E-state index in [1.807, 2.05) is 0 Å². The number of ether oxygens (including phenoxy) is 2. The van der Waals surface area contributed by atoms with E-state index in [0.717, 1.165) is 0 Å². The number of nitrogens with zero attached hydrogens (tertiary/aromatic N) is 1. The van der Waals surface area contributed by atoms with Crippen LogP contribution in [0.2, 0.25) is 10.0 Å². The summed E-state index contributed by atoms with van der Waals surface area (Å²) in [5.41, 5.74) is 1.04. The number of halogens is 2. The zero-order valence-electron chi connectivity index (χ0n) is 12.6. The van der Waals surface area contributed by atoms with Crippen LogP contribution < -0.4 is 4.74 Å². The summed E-state index contributed by atoms with van der Waals surface area (Å²) in [4.78, 5) is 15.8. The molecule has 5 nitrogen and oxygen atoms in total. The molecule has 0 spiro atoms. The fourth-order valence-electron chi connectivity index (χ4n) is 1.86. The van der Waals surface area contributed by atoms with Crippen LogP contribution in [0.3, 0.4) is 0 Å². The molecule has 1 heterocycles. The van der Waals surface area contributed by atoms with Gasteiger partial charge in [0.05, 0.1) is 15.7 Å². The summed E-state index contributed by atoms with van der Waals surface area (Å²) in [7, 11) is 0. The maximum Gasteiger partial charge on any atom is 0.347 e. The smallest absolute Gasteiger partial charge is 0.347 e. The van der Waals surface area contributed by atoms with Crippen molar-refractivity contribution < 1.29 is 19.4 Å². The van der Waals surface area contributed by atoms with Gasteiger partial charge in [0.1, 0.15) is 0 Å². The molecule has 2 aromatic rings. The number of hydrogen-bond donors (Lipinski definition) is 1. The van der Waals surface area contributed by atoms with Gasteiger partial charge in [-0.2, -0.15) is 0 Å². The Morgan fingerprint density at radius 2 is 2.17 bits per heavy atom. The zero-order valence-corrected chi connectivity index (χ0v) is 14.1. The van der Waals surface area contributed by atoms with E-state index in [-0.39, 0.29) is 18.1 Å². The van der Waals surface area contributed by atoms with Crippen LogP contribution in [0.5, 0.6) is 11.5 Å². The topological polar surface area (TPSA) is 68.7 Å². The van der Waals surface area contributed by atoms with Crippen LogP contribution >= 0.6 is 23.2 Å². The molecule has 0 aliphatic carbocycles. The number of terminal acetylenes is 1. The lowest BCUT2D eigenvalue weighted by Crippen LogP contribution is -2.26. The number of esters is 1. The Balaban J connectivity index is 2.18. The molecule has 1 aromatic heterocycles. The highest BCUT2D eigenvalue weighted by Gasteiger charge is 2.18. The summed E-state index contributed by atoms with van der Waals surface area (Å²) in [5, 5.41) is 10.9. The number of carbonyl (C=O) groups is 1. The van der Waals surface area contributed by atoms with Gasteiger partial charge in [0.2, 0.25) is 0 Å². The first kappa shape index (κ1) is 17.9. The Morgan fingerprint density at radius 1 is 1.42 bits per heavy atom. The summed E-state index contributed by atoms with van der Waals surface area (Å²) in [6.07, 6.45) is 5.54. The molecule has 24 heavy (non-hydrogen) atoms. The van der Waals surface area contributed by atoms with E-state index in [0.29, 0.717) is 21.3 Å². The first-order valence-corrected chi connectivity index (χ1v) is 7.59. The predicted molar refractivity (Wildman–Crippen MR) is 91.2 cm³/mol. The van der Waals surface area contributed by atoms with Crippen molar-refractivity contribution >= 4 is 29.2 Å². The second-order valence-corrected chi connectivity index (χ2v) is 5.58. The molecule has 0 aliphatic rings. The second-order valence-electron chi connectivity index (χ2n) is 4.74. The summed E-state index contributed by atoms with van der Waals surface area (Å²) in [6, 6.07) is 6.13. The lowest BCUT2D eigenvalue weighted by atomic mass is 10.1. The lowest BCUT2D eigenvalue weighted by Gasteiger charge is -2.15. The van der Waals surface area contributed by atoms with E-state index in [2.05, 4.69) is 10.9 Å². The van der Waals surface area contributed by atoms with Crippen molar-refractivity contribution in [2.45, 2.75) is 13.0 Å². The largest absolute Gasteiger partial charge is 0.504 e. The molecule has 0 fully saturated rings. The highest BCUT2D eigenvalue weighted by Crippen LogP contribution is 2.34. The van der Waals surface area contributed by atoms with Gasteiger partial charge >= 0.3 is 5.97 Å². The molecule has 0 saturated carbocycles. The summed E-state index contributed by atoms with van der Waals surface area (Å²) < 4.78 is 10.1. The van der Waals surface area contributed by atoms with Crippen LogP contribution in [0.15, 0.2) is 30.5 Å². The zero-order chi connectivity index (χ0) is 17.7. The van der Waals surface area contributed by atoms with Crippen molar-refractivity contribution in [1.29, 1.82) is 0 Å². The molecule has 0 amide bonds. The van der Waals surface area contributed by atoms with Gasteiger partial charge in [-0.25, -0.2) is 4.79 Å². The number of phenolic OH excluding ortho intramolecular Hbond substituents is 1. The van der Waals surface area contributed by atoms with Crippen molar-refractivity contribution in [1.82, 2.24) is 4.98 Å². The third-order valence-corrected chi connectivity index (χ3v) is 3.47. The molecular weight excluding hydrogens is 353 g/mol. The standard InChI is InChI=1S/C17H13Cl2NO4/c1-3-6-23-17(22)10(2)24-15-5-4-11(7-14(15)21)16-13(19)8-12(18)9-20-16/h1,4-5,7-10,21H,6H2,2H3. The summed E-state index contributed by atoms with van der Waals surface area (Å²) in [5.74, 6) is 1.51. The van der Waals surface area contributed by atoms with Gasteiger partial charge in [-0.1, -0.05) is 29.1 Å². The quantitative estimate of drug-likeness (QED) is 0.646. The van der Waals surface area contributed by atoms with Crippen molar-refractivity contribution in [2.75, 3.05) is 6.61 Å². The number of rotatable bonds is 5. The molecule has 0 aliphatic heterocycles. The molecule has 2 rings (SSSR count). The maximum absolute atomic E-state index is 11.6. The molecule has 1 atom stereocenters. The Hall–Kier alpha value is -2.42. The summed E-state index contributed by atoms with van der Waals surface area (Å²) in [6.45, 7) is 1.35. The van der Waals surface area contributed by atoms with Crippen LogP contribution in [0.4, 0.5) is 0 Å². The molecule has 124 valence electrons. The molecule has 0 radical (unpaired) electrons. The summed E-state index contributed by atoms with van der Waals surface area (Å²) >= 11 is 11.9. The van der Waals surface area contributed by atoms with Crippen LogP contribution in [0, 0.1) is 12.3 Å². The number of aromatic nitrogens is 1. The minimum Gasteiger partial charge on any atom is -0.504 e. The van der Waals surface area contributed by atoms with E-state index >= 15 is 0 Å². The molecule has 1 unspecified atom stereocenters. The van der Waals surface area contributed by atoms with Gasteiger partial charge in [0.25, 0.3) is 0 Å². The molecule has 0 bridgehead atoms. The molecule has 0 saturated heterocycles. The van der Waals surface area contributed by atoms with Gasteiger partial charge in [0.15, 0.2) is 24.2 Å². The first-order valence-electron chi connectivity index (χ1n) is 6.83. The predicted octanol–water partition coefficient (Wildman–Crippen LogP) is 3.70. The normalized spacial score (nSPS) is 11.4. The Labute approximate surface area is 149 Å². The monoisotopic (exact) mass is 365 g/mol. The van der Waals surface area contributed by atoms with Crippen LogP contribution in [0.25, 0.3) is 11.3 Å². The Bertz CT molecular complexity index is 802. The average molecular weight is 366 g/mol. The third-order valence-electron chi connectivity index (χ3n) is 2.97. The van der Waals surface area contributed by atoms with Crippen molar-refractivity contribution in [2.24, 2.45) is 0 Å². The molecular formula is C17H13Cl2NO4. The van der Waals surface area contributed by atoms with E-state index in [4.69, 9.17) is 39.1 Å². The minimum absolute atomic E-state index is 0.119. The number of aromatic hydroxyl groups is 1. The van der Waals surface area contributed by atoms with Gasteiger partial charge < -0.3 is 14.6 Å². The van der Waals surface area contributed by atoms with Crippen molar-refractivity contribution in [3.8, 4) is 35.1 Å². The number of phenols is 1. The molecule has 7 heteroatoms. The van der Waals surface area contributed by atoms with Crippen LogP contribution in [-0.4, -0.2) is 28.8 Å². The van der Waals surface area contributed by atoms with E-state index < -0.39 is 12.1 Å². The minimum atomic E-state index is -0.924. The number of hydrogen-bond acceptors (Lipinski definition) is 5. The van der Waals surface area contributed by atoms with E-state index in [1.165, 1.54) is 25.3 Å². The fourth-order valence-corrected chi connectivity index (χ4v) is 2.35. The Morgan fingerprint density at radius 3 is 2.79 bits per heavy atom. The van der Waals surface area contributed by atoms with Crippen LogP contribution in [-0.2, 0) is 9.53 Å². The lowest BCUT2D eigenvalue weighted by molar-refractivity contribution is -0.149. The Kier molecular flexibility index (Phi) is 5.91. The average Bonchev–Trinajstić information content (AvgIpc) is 2.54. The van der Waals surface area contributed by atoms with Gasteiger partial charge in [-0.3, -0.25) is 4.98 Å². The number of benzene rings is 1. The third kappa shape index (κ3) is 4.31. The molecule has 1 N–H and O–H groups in total. The van der Waals surface area contributed by atoms with Gasteiger partial charge in [-0.05, 0) is 31.2 Å². The number of pyridine rings is 1. The first-order chi connectivity index (χ1) is 11.4. The van der Waals surface area contributed by atoms with Gasteiger partial charge in [-0.15, -0.1) is 6.42 Å². The van der Waals surface area contributed by atoms with Crippen molar-refractivity contribution in [3.05, 3.63) is 40.5 Å². The second kappa shape index (κ2) is 7.91.